The number of rotatable bonds is 2. The topological polar surface area (TPSA) is 72.9 Å². The number of nitrogens with one attached hydrogen (secondary N) is 1. The van der Waals surface area contributed by atoms with Gasteiger partial charge >= 0.3 is 0 Å². The van der Waals surface area contributed by atoms with Crippen LogP contribution in [0.15, 0.2) is 30.6 Å². The van der Waals surface area contributed by atoms with Crippen molar-refractivity contribution in [3.05, 3.63) is 41.2 Å². The largest absolute Gasteiger partial charge is 0.398 e. The van der Waals surface area contributed by atoms with E-state index in [1.807, 2.05) is 0 Å². The molecule has 0 spiro atoms. The number of anilines is 2. The van der Waals surface area contributed by atoms with Crippen LogP contribution in [0.4, 0.5) is 11.4 Å². The number of hydrogen-bond donors (Lipinski definition) is 2. The minimum atomic E-state index is -0.249. The zero-order valence-electron chi connectivity index (χ0n) is 9.14. The van der Waals surface area contributed by atoms with Crippen LogP contribution in [0.5, 0.6) is 0 Å². The molecule has 0 aliphatic rings. The van der Waals surface area contributed by atoms with E-state index in [4.69, 9.17) is 17.3 Å². The van der Waals surface area contributed by atoms with Crippen molar-refractivity contribution in [3.63, 3.8) is 0 Å². The minimum Gasteiger partial charge on any atom is -0.398 e. The fourth-order valence-corrected chi connectivity index (χ4v) is 1.49. The molecule has 1 heterocycles. The molecule has 17 heavy (non-hydrogen) atoms. The Morgan fingerprint density at radius 1 is 1.53 bits per heavy atom. The molecule has 1 aromatic carbocycles. The summed E-state index contributed by atoms with van der Waals surface area (Å²) in [5.74, 6) is -0.249. The molecule has 1 amide bonds. The van der Waals surface area contributed by atoms with Gasteiger partial charge in [0, 0.05) is 18.8 Å². The zero-order valence-corrected chi connectivity index (χ0v) is 9.90. The van der Waals surface area contributed by atoms with E-state index in [9.17, 15) is 4.79 Å². The highest BCUT2D eigenvalue weighted by Gasteiger charge is 2.08. The average molecular weight is 251 g/mol. The van der Waals surface area contributed by atoms with Crippen LogP contribution in [0.1, 0.15) is 10.4 Å². The van der Waals surface area contributed by atoms with Crippen molar-refractivity contribution >= 4 is 28.9 Å². The predicted molar refractivity (Wildman–Crippen MR) is 67.0 cm³/mol. The predicted octanol–water partition coefficient (Wildman–Crippen LogP) is 1.91. The molecule has 0 aliphatic carbocycles. The highest BCUT2D eigenvalue weighted by molar-refractivity contribution is 6.33. The van der Waals surface area contributed by atoms with Gasteiger partial charge in [-0.1, -0.05) is 11.6 Å². The molecule has 6 heteroatoms. The second kappa shape index (κ2) is 4.47. The first-order valence-corrected chi connectivity index (χ1v) is 5.29. The molecule has 0 radical (unpaired) electrons. The van der Waals surface area contributed by atoms with E-state index >= 15 is 0 Å². The number of amides is 1. The van der Waals surface area contributed by atoms with E-state index in [1.54, 1.807) is 36.3 Å². The molecule has 0 aliphatic heterocycles. The minimum absolute atomic E-state index is 0.249. The number of nitrogens with zero attached hydrogens (tertiary/aromatic N) is 2. The quantitative estimate of drug-likeness (QED) is 0.800. The number of aryl methyl sites for hydroxylation is 1. The third-order valence-corrected chi connectivity index (χ3v) is 2.57. The summed E-state index contributed by atoms with van der Waals surface area (Å²) in [6, 6.07) is 4.74. The summed E-state index contributed by atoms with van der Waals surface area (Å²) in [5, 5.41) is 7.09. The van der Waals surface area contributed by atoms with Crippen molar-refractivity contribution in [1.82, 2.24) is 9.78 Å². The maximum Gasteiger partial charge on any atom is 0.255 e. The summed E-state index contributed by atoms with van der Waals surface area (Å²) in [4.78, 5) is 11.8. The Hall–Kier alpha value is -2.01. The molecule has 0 fully saturated rings. The van der Waals surface area contributed by atoms with Crippen LogP contribution in [0.3, 0.4) is 0 Å². The van der Waals surface area contributed by atoms with Gasteiger partial charge in [-0.05, 0) is 18.2 Å². The van der Waals surface area contributed by atoms with Crippen molar-refractivity contribution in [2.24, 2.45) is 7.05 Å². The van der Waals surface area contributed by atoms with Crippen molar-refractivity contribution in [1.29, 1.82) is 0 Å². The highest BCUT2D eigenvalue weighted by Crippen LogP contribution is 2.20. The summed E-state index contributed by atoms with van der Waals surface area (Å²) < 4.78 is 1.60. The van der Waals surface area contributed by atoms with Crippen LogP contribution in [0.2, 0.25) is 5.02 Å². The molecular formula is C11H11ClN4O. The first kappa shape index (κ1) is 11.5. The van der Waals surface area contributed by atoms with Crippen molar-refractivity contribution in [2.75, 3.05) is 11.1 Å². The highest BCUT2D eigenvalue weighted by atomic mass is 35.5. The zero-order chi connectivity index (χ0) is 12.4. The van der Waals surface area contributed by atoms with Gasteiger partial charge in [0.05, 0.1) is 22.6 Å². The normalized spacial score (nSPS) is 10.2. The van der Waals surface area contributed by atoms with Crippen molar-refractivity contribution < 1.29 is 4.79 Å². The fourth-order valence-electron chi connectivity index (χ4n) is 1.37. The first-order valence-electron chi connectivity index (χ1n) is 4.91. The van der Waals surface area contributed by atoms with Crippen LogP contribution in [0, 0.1) is 0 Å². The van der Waals surface area contributed by atoms with E-state index in [1.165, 1.54) is 6.07 Å². The molecule has 0 atom stereocenters. The molecule has 0 saturated heterocycles. The Bertz CT molecular complexity index is 564. The molecule has 88 valence electrons. The van der Waals surface area contributed by atoms with Gasteiger partial charge in [0.1, 0.15) is 0 Å². The molecule has 2 aromatic rings. The summed E-state index contributed by atoms with van der Waals surface area (Å²) >= 11 is 5.78. The van der Waals surface area contributed by atoms with Crippen LogP contribution in [-0.4, -0.2) is 15.7 Å². The van der Waals surface area contributed by atoms with E-state index in [2.05, 4.69) is 10.4 Å². The fraction of sp³-hybridized carbons (Fsp3) is 0.0909. The summed E-state index contributed by atoms with van der Waals surface area (Å²) in [7, 11) is 1.77. The number of carbonyl (C=O) groups excluding carboxylic acids is 1. The number of carbonyl (C=O) groups is 1. The monoisotopic (exact) mass is 250 g/mol. The van der Waals surface area contributed by atoms with E-state index in [-0.39, 0.29) is 5.91 Å². The van der Waals surface area contributed by atoms with E-state index < -0.39 is 0 Å². The lowest BCUT2D eigenvalue weighted by atomic mass is 10.2. The van der Waals surface area contributed by atoms with E-state index in [0.717, 1.165) is 0 Å². The molecule has 3 N–H and O–H groups in total. The molecule has 2 rings (SSSR count). The van der Waals surface area contributed by atoms with Gasteiger partial charge in [0.15, 0.2) is 0 Å². The average Bonchev–Trinajstić information content (AvgIpc) is 2.68. The molecule has 5 nitrogen and oxygen atoms in total. The Labute approximate surface area is 103 Å². The Morgan fingerprint density at radius 2 is 2.29 bits per heavy atom. The summed E-state index contributed by atoms with van der Waals surface area (Å²) in [5.41, 5.74) is 7.09. The Balaban J connectivity index is 2.17. The van der Waals surface area contributed by atoms with Gasteiger partial charge in [-0.2, -0.15) is 5.10 Å². The molecule has 1 aromatic heterocycles. The SMILES string of the molecule is Cn1cc(NC(=O)c2ccc(Cl)c(N)c2)cn1. The van der Waals surface area contributed by atoms with Crippen LogP contribution in [0.25, 0.3) is 0 Å². The van der Waals surface area contributed by atoms with Crippen LogP contribution in [-0.2, 0) is 7.05 Å². The van der Waals surface area contributed by atoms with Crippen molar-refractivity contribution in [3.8, 4) is 0 Å². The Morgan fingerprint density at radius 3 is 2.88 bits per heavy atom. The maximum atomic E-state index is 11.8. The number of halogens is 1. The van der Waals surface area contributed by atoms with Gasteiger partial charge in [0.2, 0.25) is 0 Å². The maximum absolute atomic E-state index is 11.8. The van der Waals surface area contributed by atoms with Gasteiger partial charge in [-0.25, -0.2) is 0 Å². The number of nitrogens with two attached hydrogens (primary N) is 1. The smallest absolute Gasteiger partial charge is 0.255 e. The molecule has 0 saturated carbocycles. The van der Waals surface area contributed by atoms with E-state index in [0.29, 0.717) is 22.0 Å². The van der Waals surface area contributed by atoms with Crippen LogP contribution >= 0.6 is 11.6 Å². The van der Waals surface area contributed by atoms with Gasteiger partial charge in [-0.15, -0.1) is 0 Å². The van der Waals surface area contributed by atoms with Crippen molar-refractivity contribution in [2.45, 2.75) is 0 Å². The van der Waals surface area contributed by atoms with Gasteiger partial charge in [-0.3, -0.25) is 9.48 Å². The molecule has 0 unspecified atom stereocenters. The third kappa shape index (κ3) is 2.57. The summed E-state index contributed by atoms with van der Waals surface area (Å²) in [6.45, 7) is 0. The lowest BCUT2D eigenvalue weighted by Crippen LogP contribution is -2.11. The lowest BCUT2D eigenvalue weighted by Gasteiger charge is -2.04. The van der Waals surface area contributed by atoms with Gasteiger partial charge in [0.25, 0.3) is 5.91 Å². The Kier molecular flexibility index (Phi) is 3.01. The lowest BCUT2D eigenvalue weighted by molar-refractivity contribution is 0.102. The number of hydrogen-bond acceptors (Lipinski definition) is 3. The third-order valence-electron chi connectivity index (χ3n) is 2.22. The molecular weight excluding hydrogens is 240 g/mol. The number of aromatic nitrogens is 2. The second-order valence-corrected chi connectivity index (χ2v) is 4.00. The number of nitrogen functional groups attached to an aromatic ring is 1. The molecule has 0 bridgehead atoms. The van der Waals surface area contributed by atoms with Crippen LogP contribution < -0.4 is 11.1 Å². The number of benzene rings is 1. The standard InChI is InChI=1S/C11H11ClN4O/c1-16-6-8(5-14-16)15-11(17)7-2-3-9(12)10(13)4-7/h2-6H,13H2,1H3,(H,15,17). The first-order chi connectivity index (χ1) is 8.06. The van der Waals surface area contributed by atoms with Gasteiger partial charge < -0.3 is 11.1 Å². The summed E-state index contributed by atoms with van der Waals surface area (Å²) in [6.07, 6.45) is 3.27. The second-order valence-electron chi connectivity index (χ2n) is 3.59.